The number of nitrogens with one attached hydrogen (secondary N) is 1. The summed E-state index contributed by atoms with van der Waals surface area (Å²) in [5.74, 6) is 0. The molecule has 0 spiro atoms. The molecule has 1 aromatic heterocycles. The SMILES string of the molecule is CC(NCCN1CCCC1)c1ccc(Br)s1. The summed E-state index contributed by atoms with van der Waals surface area (Å²) in [4.78, 5) is 3.96. The highest BCUT2D eigenvalue weighted by atomic mass is 79.9. The molecule has 2 rings (SSSR count). The van der Waals surface area contributed by atoms with Crippen LogP contribution in [0.4, 0.5) is 0 Å². The van der Waals surface area contributed by atoms with E-state index >= 15 is 0 Å². The minimum absolute atomic E-state index is 0.471. The second kappa shape index (κ2) is 6.15. The van der Waals surface area contributed by atoms with E-state index in [9.17, 15) is 0 Å². The normalized spacial score (nSPS) is 19.1. The van der Waals surface area contributed by atoms with Crippen molar-refractivity contribution in [2.75, 3.05) is 26.2 Å². The molecule has 4 heteroatoms. The lowest BCUT2D eigenvalue weighted by Crippen LogP contribution is -2.31. The zero-order valence-electron chi connectivity index (χ0n) is 9.71. The van der Waals surface area contributed by atoms with Crippen molar-refractivity contribution in [3.8, 4) is 0 Å². The lowest BCUT2D eigenvalue weighted by Gasteiger charge is -2.17. The lowest BCUT2D eigenvalue weighted by atomic mass is 10.3. The Balaban J connectivity index is 1.69. The van der Waals surface area contributed by atoms with E-state index in [0.29, 0.717) is 6.04 Å². The Morgan fingerprint density at radius 1 is 1.44 bits per heavy atom. The fraction of sp³-hybridized carbons (Fsp3) is 0.667. The molecule has 1 saturated heterocycles. The molecular formula is C12H19BrN2S. The number of hydrogen-bond donors (Lipinski definition) is 1. The maximum Gasteiger partial charge on any atom is 0.0701 e. The molecule has 0 amide bonds. The third-order valence-corrected chi connectivity index (χ3v) is 4.90. The topological polar surface area (TPSA) is 15.3 Å². The molecule has 2 heterocycles. The molecular weight excluding hydrogens is 284 g/mol. The minimum Gasteiger partial charge on any atom is -0.308 e. The summed E-state index contributed by atoms with van der Waals surface area (Å²) in [7, 11) is 0. The van der Waals surface area contributed by atoms with Crippen molar-refractivity contribution in [1.82, 2.24) is 10.2 Å². The summed E-state index contributed by atoms with van der Waals surface area (Å²) in [5.41, 5.74) is 0. The first-order chi connectivity index (χ1) is 7.75. The predicted molar refractivity (Wildman–Crippen MR) is 74.1 cm³/mol. The van der Waals surface area contributed by atoms with Crippen LogP contribution >= 0.6 is 27.3 Å². The quantitative estimate of drug-likeness (QED) is 0.898. The van der Waals surface area contributed by atoms with Crippen LogP contribution in [0.1, 0.15) is 30.7 Å². The molecule has 1 fully saturated rings. The van der Waals surface area contributed by atoms with Gasteiger partial charge in [0.2, 0.25) is 0 Å². The molecule has 0 saturated carbocycles. The molecule has 1 unspecified atom stereocenters. The lowest BCUT2D eigenvalue weighted by molar-refractivity contribution is 0.330. The minimum atomic E-state index is 0.471. The molecule has 1 N–H and O–H groups in total. The molecule has 1 aliphatic heterocycles. The number of hydrogen-bond acceptors (Lipinski definition) is 3. The largest absolute Gasteiger partial charge is 0.308 e. The second-order valence-corrected chi connectivity index (χ2v) is 6.86. The van der Waals surface area contributed by atoms with Crippen molar-refractivity contribution in [1.29, 1.82) is 0 Å². The van der Waals surface area contributed by atoms with Crippen molar-refractivity contribution >= 4 is 27.3 Å². The van der Waals surface area contributed by atoms with Gasteiger partial charge in [0.25, 0.3) is 0 Å². The van der Waals surface area contributed by atoms with Gasteiger partial charge in [-0.1, -0.05) is 0 Å². The molecule has 1 atom stereocenters. The third kappa shape index (κ3) is 3.55. The van der Waals surface area contributed by atoms with Gasteiger partial charge in [0.1, 0.15) is 0 Å². The number of rotatable bonds is 5. The molecule has 0 radical (unpaired) electrons. The van der Waals surface area contributed by atoms with Crippen LogP contribution in [0.5, 0.6) is 0 Å². The predicted octanol–water partition coefficient (Wildman–Crippen LogP) is 3.26. The van der Waals surface area contributed by atoms with Gasteiger partial charge in [0.05, 0.1) is 3.79 Å². The van der Waals surface area contributed by atoms with Gasteiger partial charge in [-0.25, -0.2) is 0 Å². The highest BCUT2D eigenvalue weighted by Gasteiger charge is 2.12. The van der Waals surface area contributed by atoms with Crippen molar-refractivity contribution in [3.05, 3.63) is 20.8 Å². The number of thiophene rings is 1. The summed E-state index contributed by atoms with van der Waals surface area (Å²) in [6, 6.07) is 4.79. The smallest absolute Gasteiger partial charge is 0.0701 e. The Bertz CT molecular complexity index is 321. The number of halogens is 1. The average Bonchev–Trinajstić information content (AvgIpc) is 2.89. The van der Waals surface area contributed by atoms with Crippen LogP contribution in [0.3, 0.4) is 0 Å². The Kier molecular flexibility index (Phi) is 4.82. The van der Waals surface area contributed by atoms with E-state index in [0.717, 1.165) is 6.54 Å². The monoisotopic (exact) mass is 302 g/mol. The van der Waals surface area contributed by atoms with Gasteiger partial charge in [0.15, 0.2) is 0 Å². The summed E-state index contributed by atoms with van der Waals surface area (Å²) in [5, 5.41) is 3.59. The summed E-state index contributed by atoms with van der Waals surface area (Å²) >= 11 is 5.32. The van der Waals surface area contributed by atoms with Crippen LogP contribution in [0.25, 0.3) is 0 Å². The van der Waals surface area contributed by atoms with E-state index in [2.05, 4.69) is 45.2 Å². The standard InChI is InChI=1S/C12H19BrN2S/c1-10(11-4-5-12(13)16-11)14-6-9-15-7-2-3-8-15/h4-5,10,14H,2-3,6-9H2,1H3. The molecule has 1 aromatic rings. The number of nitrogens with zero attached hydrogens (tertiary/aromatic N) is 1. The maximum atomic E-state index is 3.59. The average molecular weight is 303 g/mol. The van der Waals surface area contributed by atoms with Crippen LogP contribution < -0.4 is 5.32 Å². The van der Waals surface area contributed by atoms with E-state index in [-0.39, 0.29) is 0 Å². The van der Waals surface area contributed by atoms with Gasteiger partial charge in [0, 0.05) is 24.0 Å². The van der Waals surface area contributed by atoms with Crippen LogP contribution in [-0.2, 0) is 0 Å². The Morgan fingerprint density at radius 3 is 2.81 bits per heavy atom. The van der Waals surface area contributed by atoms with Crippen molar-refractivity contribution < 1.29 is 0 Å². The zero-order valence-corrected chi connectivity index (χ0v) is 12.1. The summed E-state index contributed by atoms with van der Waals surface area (Å²) in [6.07, 6.45) is 2.76. The van der Waals surface area contributed by atoms with Crippen LogP contribution in [-0.4, -0.2) is 31.1 Å². The fourth-order valence-electron chi connectivity index (χ4n) is 2.11. The van der Waals surface area contributed by atoms with Crippen molar-refractivity contribution in [3.63, 3.8) is 0 Å². The van der Waals surface area contributed by atoms with Gasteiger partial charge in [-0.15, -0.1) is 11.3 Å². The highest BCUT2D eigenvalue weighted by Crippen LogP contribution is 2.26. The van der Waals surface area contributed by atoms with Crippen LogP contribution in [0.2, 0.25) is 0 Å². The molecule has 0 bridgehead atoms. The van der Waals surface area contributed by atoms with Gasteiger partial charge in [-0.05, 0) is 60.9 Å². The summed E-state index contributed by atoms with van der Waals surface area (Å²) in [6.45, 7) is 7.11. The van der Waals surface area contributed by atoms with Crippen molar-refractivity contribution in [2.24, 2.45) is 0 Å². The second-order valence-electron chi connectivity index (χ2n) is 4.37. The van der Waals surface area contributed by atoms with E-state index < -0.39 is 0 Å². The van der Waals surface area contributed by atoms with Gasteiger partial charge in [-0.3, -0.25) is 0 Å². The third-order valence-electron chi connectivity index (χ3n) is 3.10. The molecule has 0 aromatic carbocycles. The van der Waals surface area contributed by atoms with E-state index in [1.54, 1.807) is 0 Å². The van der Waals surface area contributed by atoms with Crippen LogP contribution in [0, 0.1) is 0 Å². The Hall–Kier alpha value is 0.1000. The van der Waals surface area contributed by atoms with Gasteiger partial charge in [-0.2, -0.15) is 0 Å². The van der Waals surface area contributed by atoms with Gasteiger partial charge < -0.3 is 10.2 Å². The first-order valence-corrected chi connectivity index (χ1v) is 7.57. The Morgan fingerprint density at radius 2 is 2.19 bits per heavy atom. The molecule has 16 heavy (non-hydrogen) atoms. The fourth-order valence-corrected chi connectivity index (χ4v) is 3.56. The molecule has 2 nitrogen and oxygen atoms in total. The summed E-state index contributed by atoms with van der Waals surface area (Å²) < 4.78 is 1.22. The molecule has 1 aliphatic rings. The van der Waals surface area contributed by atoms with E-state index in [1.165, 1.54) is 41.1 Å². The number of likely N-dealkylation sites (tertiary alicyclic amines) is 1. The van der Waals surface area contributed by atoms with Crippen molar-refractivity contribution in [2.45, 2.75) is 25.8 Å². The van der Waals surface area contributed by atoms with Gasteiger partial charge >= 0.3 is 0 Å². The van der Waals surface area contributed by atoms with E-state index in [4.69, 9.17) is 0 Å². The first-order valence-electron chi connectivity index (χ1n) is 5.96. The maximum absolute atomic E-state index is 3.59. The molecule has 90 valence electrons. The Labute approximate surface area is 110 Å². The first kappa shape index (κ1) is 12.6. The molecule has 0 aliphatic carbocycles. The zero-order chi connectivity index (χ0) is 11.4. The van der Waals surface area contributed by atoms with Crippen LogP contribution in [0.15, 0.2) is 15.9 Å². The van der Waals surface area contributed by atoms with E-state index in [1.807, 2.05) is 11.3 Å². The highest BCUT2D eigenvalue weighted by molar-refractivity contribution is 9.11.